The Bertz CT molecular complexity index is 725. The van der Waals surface area contributed by atoms with Gasteiger partial charge in [0.1, 0.15) is 0 Å². The highest BCUT2D eigenvalue weighted by Crippen LogP contribution is 2.39. The summed E-state index contributed by atoms with van der Waals surface area (Å²) in [6.45, 7) is 0.912. The highest BCUT2D eigenvalue weighted by molar-refractivity contribution is 6.30. The topological polar surface area (TPSA) is 87.2 Å². The van der Waals surface area contributed by atoms with E-state index < -0.39 is 18.0 Å². The number of morpholine rings is 1. The number of carbonyl (C=O) groups excluding carboxylic acids is 2. The lowest BCUT2D eigenvalue weighted by atomic mass is 9.92. The first-order valence-electron chi connectivity index (χ1n) is 8.50. The third kappa shape index (κ3) is 3.83. The number of halogens is 1. The minimum absolute atomic E-state index is 0.0938. The average molecular weight is 381 g/mol. The Morgan fingerprint density at radius 2 is 2.15 bits per heavy atom. The van der Waals surface area contributed by atoms with E-state index in [4.69, 9.17) is 21.4 Å². The molecule has 1 N–H and O–H groups in total. The number of carbonyl (C=O) groups is 3. The van der Waals surface area contributed by atoms with Crippen molar-refractivity contribution in [2.75, 3.05) is 26.7 Å². The fourth-order valence-corrected chi connectivity index (χ4v) is 3.91. The molecule has 0 spiro atoms. The first kappa shape index (κ1) is 18.7. The molecule has 1 aromatic carbocycles. The van der Waals surface area contributed by atoms with Gasteiger partial charge in [-0.15, -0.1) is 0 Å². The van der Waals surface area contributed by atoms with Crippen LogP contribution in [0.25, 0.3) is 0 Å². The van der Waals surface area contributed by atoms with Gasteiger partial charge in [-0.2, -0.15) is 0 Å². The fraction of sp³-hybridized carbons (Fsp3) is 0.500. The maximum Gasteiger partial charge on any atom is 0.306 e. The van der Waals surface area contributed by atoms with Crippen molar-refractivity contribution in [2.24, 2.45) is 5.92 Å². The largest absolute Gasteiger partial charge is 0.481 e. The Kier molecular flexibility index (Phi) is 5.48. The number of likely N-dealkylation sites (tertiary alicyclic amines) is 1. The lowest BCUT2D eigenvalue weighted by molar-refractivity contribution is -0.150. The first-order valence-corrected chi connectivity index (χ1v) is 8.88. The monoisotopic (exact) mass is 380 g/mol. The zero-order chi connectivity index (χ0) is 18.8. The van der Waals surface area contributed by atoms with Gasteiger partial charge in [-0.3, -0.25) is 14.4 Å². The van der Waals surface area contributed by atoms with Crippen molar-refractivity contribution < 1.29 is 24.2 Å². The molecule has 1 aromatic rings. The summed E-state index contributed by atoms with van der Waals surface area (Å²) < 4.78 is 5.43. The fourth-order valence-electron chi connectivity index (χ4n) is 3.71. The van der Waals surface area contributed by atoms with Crippen LogP contribution >= 0.6 is 11.6 Å². The number of hydrogen-bond donors (Lipinski definition) is 1. The SMILES string of the molecule is CN1C(=O)C[C@H](C(=O)N2CCO[C@H](CC(=O)O)C2)[C@H]1c1cccc(Cl)c1. The second-order valence-electron chi connectivity index (χ2n) is 6.69. The lowest BCUT2D eigenvalue weighted by Crippen LogP contribution is -2.49. The Labute approximate surface area is 156 Å². The number of hydrogen-bond acceptors (Lipinski definition) is 4. The molecule has 2 heterocycles. The number of aliphatic carboxylic acids is 1. The maximum absolute atomic E-state index is 13.1. The highest BCUT2D eigenvalue weighted by atomic mass is 35.5. The molecule has 0 aromatic heterocycles. The first-order chi connectivity index (χ1) is 12.4. The second kappa shape index (κ2) is 7.63. The summed E-state index contributed by atoms with van der Waals surface area (Å²) in [5.41, 5.74) is 0.819. The molecule has 3 atom stereocenters. The zero-order valence-electron chi connectivity index (χ0n) is 14.4. The summed E-state index contributed by atoms with van der Waals surface area (Å²) in [6, 6.07) is 6.80. The molecular weight excluding hydrogens is 360 g/mol. The molecule has 2 amide bonds. The van der Waals surface area contributed by atoms with E-state index in [1.807, 2.05) is 6.07 Å². The van der Waals surface area contributed by atoms with E-state index in [0.29, 0.717) is 18.2 Å². The third-order valence-electron chi connectivity index (χ3n) is 4.95. The van der Waals surface area contributed by atoms with Crippen LogP contribution in [0.1, 0.15) is 24.4 Å². The molecule has 0 aliphatic carbocycles. The number of ether oxygens (including phenoxy) is 1. The van der Waals surface area contributed by atoms with Gasteiger partial charge >= 0.3 is 5.97 Å². The Morgan fingerprint density at radius 3 is 2.85 bits per heavy atom. The number of benzene rings is 1. The Hall–Kier alpha value is -2.12. The summed E-state index contributed by atoms with van der Waals surface area (Å²) >= 11 is 6.08. The van der Waals surface area contributed by atoms with Crippen LogP contribution in [-0.4, -0.2) is 65.5 Å². The minimum atomic E-state index is -0.961. The van der Waals surface area contributed by atoms with Gasteiger partial charge in [0, 0.05) is 31.6 Å². The average Bonchev–Trinajstić information content (AvgIpc) is 2.89. The molecule has 26 heavy (non-hydrogen) atoms. The van der Waals surface area contributed by atoms with Crippen molar-refractivity contribution in [1.29, 1.82) is 0 Å². The molecule has 140 valence electrons. The predicted molar refractivity (Wildman–Crippen MR) is 93.6 cm³/mol. The van der Waals surface area contributed by atoms with E-state index in [0.717, 1.165) is 5.56 Å². The van der Waals surface area contributed by atoms with Crippen molar-refractivity contribution in [2.45, 2.75) is 25.0 Å². The minimum Gasteiger partial charge on any atom is -0.481 e. The van der Waals surface area contributed by atoms with Crippen molar-refractivity contribution in [3.8, 4) is 0 Å². The molecule has 3 rings (SSSR count). The molecule has 0 bridgehead atoms. The summed E-state index contributed by atoms with van der Waals surface area (Å²) in [4.78, 5) is 39.5. The van der Waals surface area contributed by atoms with Crippen molar-refractivity contribution in [1.82, 2.24) is 9.80 Å². The number of nitrogens with zero attached hydrogens (tertiary/aromatic N) is 2. The van der Waals surface area contributed by atoms with Crippen LogP contribution in [0.4, 0.5) is 0 Å². The highest BCUT2D eigenvalue weighted by Gasteiger charge is 2.45. The maximum atomic E-state index is 13.1. The molecule has 0 saturated carbocycles. The van der Waals surface area contributed by atoms with Crippen LogP contribution in [0.15, 0.2) is 24.3 Å². The number of rotatable bonds is 4. The standard InChI is InChI=1S/C18H21ClN2O5/c1-20-15(22)9-14(17(20)11-3-2-4-12(19)7-11)18(25)21-5-6-26-13(10-21)8-16(23)24/h2-4,7,13-14,17H,5-6,8-10H2,1H3,(H,23,24)/t13-,14+,17-/m1/s1. The molecular formula is C18H21ClN2O5. The Balaban J connectivity index is 1.80. The third-order valence-corrected chi connectivity index (χ3v) is 5.18. The number of amides is 2. The van der Waals surface area contributed by atoms with Gasteiger partial charge in [-0.05, 0) is 17.7 Å². The van der Waals surface area contributed by atoms with Crippen molar-refractivity contribution in [3.63, 3.8) is 0 Å². The lowest BCUT2D eigenvalue weighted by Gasteiger charge is -2.35. The van der Waals surface area contributed by atoms with E-state index in [1.165, 1.54) is 0 Å². The van der Waals surface area contributed by atoms with Crippen molar-refractivity contribution in [3.05, 3.63) is 34.9 Å². The molecule has 0 radical (unpaired) electrons. The van der Waals surface area contributed by atoms with Gasteiger partial charge in [0.2, 0.25) is 11.8 Å². The number of carboxylic acid groups (broad SMARTS) is 1. The molecule has 2 aliphatic rings. The van der Waals surface area contributed by atoms with Gasteiger partial charge < -0.3 is 19.6 Å². The van der Waals surface area contributed by atoms with Crippen LogP contribution in [0.5, 0.6) is 0 Å². The summed E-state index contributed by atoms with van der Waals surface area (Å²) in [6.07, 6.45) is -0.539. The predicted octanol–water partition coefficient (Wildman–Crippen LogP) is 1.56. The molecule has 7 nitrogen and oxygen atoms in total. The second-order valence-corrected chi connectivity index (χ2v) is 7.13. The summed E-state index contributed by atoms with van der Waals surface area (Å²) in [5, 5.41) is 9.49. The van der Waals surface area contributed by atoms with Gasteiger partial charge in [0.25, 0.3) is 0 Å². The van der Waals surface area contributed by atoms with Crippen LogP contribution in [0.3, 0.4) is 0 Å². The van der Waals surface area contributed by atoms with Crippen molar-refractivity contribution >= 4 is 29.4 Å². The molecule has 2 aliphatic heterocycles. The smallest absolute Gasteiger partial charge is 0.306 e. The van der Waals surface area contributed by atoms with Gasteiger partial charge in [0.05, 0.1) is 31.1 Å². The molecule has 2 fully saturated rings. The van der Waals surface area contributed by atoms with Crippen LogP contribution in [-0.2, 0) is 19.1 Å². The van der Waals surface area contributed by atoms with Crippen LogP contribution < -0.4 is 0 Å². The van der Waals surface area contributed by atoms with Gasteiger partial charge in [0.15, 0.2) is 0 Å². The van der Waals surface area contributed by atoms with E-state index in [2.05, 4.69) is 0 Å². The van der Waals surface area contributed by atoms with Crippen LogP contribution in [0.2, 0.25) is 5.02 Å². The number of carboxylic acids is 1. The van der Waals surface area contributed by atoms with E-state index >= 15 is 0 Å². The molecule has 2 saturated heterocycles. The molecule has 0 unspecified atom stereocenters. The van der Waals surface area contributed by atoms with Gasteiger partial charge in [-0.25, -0.2) is 0 Å². The quantitative estimate of drug-likeness (QED) is 0.856. The normalized spacial score (nSPS) is 26.2. The zero-order valence-corrected chi connectivity index (χ0v) is 15.2. The molecule has 8 heteroatoms. The van der Waals surface area contributed by atoms with Crippen LogP contribution in [0, 0.1) is 5.92 Å². The van der Waals surface area contributed by atoms with E-state index in [-0.39, 0.29) is 37.2 Å². The van der Waals surface area contributed by atoms with E-state index in [9.17, 15) is 14.4 Å². The van der Waals surface area contributed by atoms with Gasteiger partial charge in [-0.1, -0.05) is 23.7 Å². The van der Waals surface area contributed by atoms with E-state index in [1.54, 1.807) is 35.0 Å². The summed E-state index contributed by atoms with van der Waals surface area (Å²) in [5.74, 6) is -1.72. The Morgan fingerprint density at radius 1 is 1.38 bits per heavy atom. The summed E-state index contributed by atoms with van der Waals surface area (Å²) in [7, 11) is 1.69.